The largest absolute Gasteiger partial charge is 0.393 e. The molecule has 0 bridgehead atoms. The lowest BCUT2D eigenvalue weighted by atomic mass is 9.79. The quantitative estimate of drug-likeness (QED) is 0.631. The smallest absolute Gasteiger partial charge is 0.209 e. The molecule has 0 aromatic carbocycles. The van der Waals surface area contributed by atoms with Crippen molar-refractivity contribution in [3.8, 4) is 11.8 Å². The number of nitrogens with one attached hydrogen (secondary N) is 1. The first-order valence-electron chi connectivity index (χ1n) is 8.82. The van der Waals surface area contributed by atoms with Crippen LogP contribution in [0.5, 0.6) is 0 Å². The van der Waals surface area contributed by atoms with Crippen LogP contribution >= 0.6 is 0 Å². The Morgan fingerprint density at radius 2 is 2.04 bits per heavy atom. The van der Waals surface area contributed by atoms with Gasteiger partial charge in [0, 0.05) is 6.04 Å². The first-order valence-corrected chi connectivity index (χ1v) is 8.82. The number of nitrogens with zero attached hydrogens (tertiary/aromatic N) is 2. The van der Waals surface area contributed by atoms with E-state index >= 15 is 0 Å². The van der Waals surface area contributed by atoms with Gasteiger partial charge in [-0.2, -0.15) is 0 Å². The molecule has 6 nitrogen and oxygen atoms in total. The Labute approximate surface area is 144 Å². The zero-order valence-corrected chi connectivity index (χ0v) is 14.9. The maximum Gasteiger partial charge on any atom is 0.209 e. The number of rotatable bonds is 4. The zero-order valence-electron chi connectivity index (χ0n) is 14.9. The first kappa shape index (κ1) is 18.3. The molecule has 24 heavy (non-hydrogen) atoms. The molecule has 0 amide bonds. The molecule has 1 aromatic rings. The van der Waals surface area contributed by atoms with Crippen molar-refractivity contribution in [3.63, 3.8) is 0 Å². The minimum Gasteiger partial charge on any atom is -0.393 e. The van der Waals surface area contributed by atoms with E-state index < -0.39 is 5.60 Å². The second-order valence-electron chi connectivity index (χ2n) is 6.84. The number of nitrogens with two attached hydrogens (primary N) is 2. The highest BCUT2D eigenvalue weighted by atomic mass is 16.3. The Kier molecular flexibility index (Phi) is 5.89. The minimum absolute atomic E-state index is 0.215. The molecule has 1 heterocycles. The first-order chi connectivity index (χ1) is 11.4. The predicted octanol–water partition coefficient (Wildman–Crippen LogP) is 2.53. The Hall–Kier alpha value is -2.00. The van der Waals surface area contributed by atoms with Gasteiger partial charge in [-0.05, 0) is 43.9 Å². The topological polar surface area (TPSA) is 110 Å². The Bertz CT molecular complexity index is 632. The van der Waals surface area contributed by atoms with Gasteiger partial charge in [0.25, 0.3) is 0 Å². The van der Waals surface area contributed by atoms with E-state index in [0.29, 0.717) is 36.1 Å². The van der Waals surface area contributed by atoms with Gasteiger partial charge >= 0.3 is 0 Å². The van der Waals surface area contributed by atoms with E-state index in [1.807, 2.05) is 0 Å². The molecule has 0 unspecified atom stereocenters. The lowest BCUT2D eigenvalue weighted by Crippen LogP contribution is -2.32. The zero-order chi connectivity index (χ0) is 17.7. The van der Waals surface area contributed by atoms with Crippen LogP contribution in [0.15, 0.2) is 0 Å². The van der Waals surface area contributed by atoms with Crippen LogP contribution in [-0.4, -0.2) is 26.7 Å². The van der Waals surface area contributed by atoms with Crippen molar-refractivity contribution in [1.82, 2.24) is 9.97 Å². The summed E-state index contributed by atoms with van der Waals surface area (Å²) in [7, 11) is 0. The fraction of sp³-hybridized carbons (Fsp3) is 0.667. The summed E-state index contributed by atoms with van der Waals surface area (Å²) in [6.07, 6.45) is 5.41. The van der Waals surface area contributed by atoms with Gasteiger partial charge in [-0.3, -0.25) is 0 Å². The number of hydrogen-bond donors (Lipinski definition) is 4. The number of aliphatic hydroxyl groups is 1. The molecule has 132 valence electrons. The van der Waals surface area contributed by atoms with Crippen LogP contribution in [0.2, 0.25) is 0 Å². The number of anilines is 3. The van der Waals surface area contributed by atoms with Crippen molar-refractivity contribution < 1.29 is 5.11 Å². The maximum atomic E-state index is 10.6. The molecule has 6 N–H and O–H groups in total. The summed E-state index contributed by atoms with van der Waals surface area (Å²) >= 11 is 0. The number of nitrogen functional groups attached to an aromatic ring is 2. The van der Waals surface area contributed by atoms with Gasteiger partial charge in [0.15, 0.2) is 11.6 Å². The molecule has 6 heteroatoms. The lowest BCUT2D eigenvalue weighted by Gasteiger charge is -2.30. The van der Waals surface area contributed by atoms with Crippen LogP contribution < -0.4 is 16.8 Å². The standard InChI is InChI=1S/C18H29N5O/c1-4-13(5-2)21-17-15(19)16(20)22-14(23-17)8-10-18(24)9-6-7-12(3)11-18/h12-13,24H,4-7,9,11,19H2,1-3H3,(H3,20,21,22,23)/t12-,18-/m1/s1. The highest BCUT2D eigenvalue weighted by Gasteiger charge is 2.30. The molecular weight excluding hydrogens is 302 g/mol. The molecule has 1 aromatic heterocycles. The molecular formula is C18H29N5O. The van der Waals surface area contributed by atoms with Gasteiger partial charge in [-0.1, -0.05) is 33.1 Å². The number of hydrogen-bond acceptors (Lipinski definition) is 6. The monoisotopic (exact) mass is 331 g/mol. The van der Waals surface area contributed by atoms with E-state index in [1.165, 1.54) is 0 Å². The van der Waals surface area contributed by atoms with Crippen molar-refractivity contribution in [2.45, 2.75) is 70.9 Å². The third kappa shape index (κ3) is 4.51. The lowest BCUT2D eigenvalue weighted by molar-refractivity contribution is 0.0410. The van der Waals surface area contributed by atoms with E-state index in [4.69, 9.17) is 11.5 Å². The average Bonchev–Trinajstić information content (AvgIpc) is 2.54. The van der Waals surface area contributed by atoms with E-state index in [0.717, 1.165) is 25.7 Å². The molecule has 1 fully saturated rings. The van der Waals surface area contributed by atoms with Gasteiger partial charge in [0.05, 0.1) is 0 Å². The normalized spacial score (nSPS) is 23.6. The van der Waals surface area contributed by atoms with Gasteiger partial charge in [0.2, 0.25) is 5.82 Å². The van der Waals surface area contributed by atoms with Crippen LogP contribution in [-0.2, 0) is 0 Å². The van der Waals surface area contributed by atoms with Crippen molar-refractivity contribution in [2.24, 2.45) is 5.92 Å². The van der Waals surface area contributed by atoms with E-state index in [9.17, 15) is 5.11 Å². The predicted molar refractivity (Wildman–Crippen MR) is 98.3 cm³/mol. The maximum absolute atomic E-state index is 10.6. The fourth-order valence-corrected chi connectivity index (χ4v) is 3.15. The van der Waals surface area contributed by atoms with Gasteiger partial charge in [-0.15, -0.1) is 0 Å². The summed E-state index contributed by atoms with van der Waals surface area (Å²) in [6.45, 7) is 6.34. The van der Waals surface area contributed by atoms with Crippen LogP contribution in [0.4, 0.5) is 17.3 Å². The van der Waals surface area contributed by atoms with Gasteiger partial charge in [-0.25, -0.2) is 9.97 Å². The van der Waals surface area contributed by atoms with Crippen molar-refractivity contribution in [1.29, 1.82) is 0 Å². The summed E-state index contributed by atoms with van der Waals surface area (Å²) in [4.78, 5) is 8.54. The van der Waals surface area contributed by atoms with Crippen molar-refractivity contribution >= 4 is 17.3 Å². The molecule has 2 rings (SSSR count). The Morgan fingerprint density at radius 1 is 1.33 bits per heavy atom. The molecule has 1 aliphatic rings. The molecule has 0 aliphatic heterocycles. The minimum atomic E-state index is -0.958. The van der Waals surface area contributed by atoms with E-state index in [2.05, 4.69) is 47.9 Å². The van der Waals surface area contributed by atoms with Crippen molar-refractivity contribution in [3.05, 3.63) is 5.82 Å². The molecule has 0 radical (unpaired) electrons. The van der Waals surface area contributed by atoms with E-state index in [-0.39, 0.29) is 11.9 Å². The van der Waals surface area contributed by atoms with Crippen LogP contribution in [0.25, 0.3) is 0 Å². The second kappa shape index (κ2) is 7.71. The van der Waals surface area contributed by atoms with E-state index in [1.54, 1.807) is 0 Å². The van der Waals surface area contributed by atoms with Gasteiger partial charge < -0.3 is 21.9 Å². The molecule has 0 spiro atoms. The molecule has 1 saturated carbocycles. The third-order valence-corrected chi connectivity index (χ3v) is 4.68. The number of aromatic nitrogens is 2. The molecule has 0 saturated heterocycles. The second-order valence-corrected chi connectivity index (χ2v) is 6.84. The highest BCUT2D eigenvalue weighted by molar-refractivity contribution is 5.73. The summed E-state index contributed by atoms with van der Waals surface area (Å²) < 4.78 is 0. The summed E-state index contributed by atoms with van der Waals surface area (Å²) in [5, 5.41) is 13.9. The van der Waals surface area contributed by atoms with Crippen LogP contribution in [0.3, 0.4) is 0 Å². The molecule has 1 aliphatic carbocycles. The van der Waals surface area contributed by atoms with Crippen LogP contribution in [0.1, 0.15) is 65.1 Å². The SMILES string of the molecule is CCC(CC)Nc1nc(C#C[C@]2(O)CCC[C@@H](C)C2)nc(N)c1N. The molecule has 2 atom stereocenters. The third-order valence-electron chi connectivity index (χ3n) is 4.68. The fourth-order valence-electron chi connectivity index (χ4n) is 3.15. The summed E-state index contributed by atoms with van der Waals surface area (Å²) in [5.41, 5.74) is 11.3. The van der Waals surface area contributed by atoms with Crippen LogP contribution in [0, 0.1) is 17.8 Å². The van der Waals surface area contributed by atoms with Crippen molar-refractivity contribution in [2.75, 3.05) is 16.8 Å². The van der Waals surface area contributed by atoms with Gasteiger partial charge in [0.1, 0.15) is 11.3 Å². The average molecular weight is 331 g/mol. The highest BCUT2D eigenvalue weighted by Crippen LogP contribution is 2.31. The Balaban J connectivity index is 2.25. The summed E-state index contributed by atoms with van der Waals surface area (Å²) in [5.74, 6) is 7.35. The Morgan fingerprint density at radius 3 is 2.67 bits per heavy atom. The summed E-state index contributed by atoms with van der Waals surface area (Å²) in [6, 6.07) is 0.269.